The van der Waals surface area contributed by atoms with Crippen LogP contribution < -0.4 is 30.3 Å². The van der Waals surface area contributed by atoms with Crippen molar-refractivity contribution >= 4 is 46.5 Å². The Balaban J connectivity index is 1.23. The lowest BCUT2D eigenvalue weighted by atomic mass is 10.0. The number of piperidine rings is 1. The van der Waals surface area contributed by atoms with Crippen LogP contribution in [-0.4, -0.2) is 60.9 Å². The zero-order valence-electron chi connectivity index (χ0n) is 24.2. The third-order valence-electron chi connectivity index (χ3n) is 7.57. The molecule has 5 amide bonds. The maximum Gasteiger partial charge on any atom is 0.319 e. The maximum atomic E-state index is 12.9. The second kappa shape index (κ2) is 12.3. The molecule has 44 heavy (non-hydrogen) atoms. The molecule has 3 aromatic rings. The minimum atomic E-state index is -0.701. The second-order valence-corrected chi connectivity index (χ2v) is 10.3. The van der Waals surface area contributed by atoms with Gasteiger partial charge in [-0.15, -0.1) is 0 Å². The number of urea groups is 1. The molecular weight excluding hydrogens is 572 g/mol. The number of nitro groups is 1. The number of fused-ring (bicyclic) bond motifs is 1. The number of carbonyl (C=O) groups excluding carboxylic acids is 4. The molecule has 0 spiro atoms. The average Bonchev–Trinajstić information content (AvgIpc) is 3.33. The van der Waals surface area contributed by atoms with E-state index in [1.54, 1.807) is 48.3 Å². The number of nitrogens with zero attached hydrogens (tertiary/aromatic N) is 3. The van der Waals surface area contributed by atoms with E-state index in [-0.39, 0.29) is 54.9 Å². The normalized spacial score (nSPS) is 15.8. The fourth-order valence-corrected chi connectivity index (χ4v) is 5.30. The molecule has 0 saturated carbocycles. The summed E-state index contributed by atoms with van der Waals surface area (Å²) in [6.45, 7) is 0.405. The van der Waals surface area contributed by atoms with Gasteiger partial charge in [0.15, 0.2) is 11.5 Å². The fraction of sp³-hybridized carbons (Fsp3) is 0.267. The topological polar surface area (TPSA) is 172 Å². The average molecular weight is 603 g/mol. The molecule has 0 aliphatic carbocycles. The predicted octanol–water partition coefficient (Wildman–Crippen LogP) is 3.46. The molecule has 0 bridgehead atoms. The van der Waals surface area contributed by atoms with Crippen LogP contribution in [0.2, 0.25) is 0 Å². The molecule has 3 aromatic carbocycles. The van der Waals surface area contributed by atoms with Crippen molar-refractivity contribution in [2.24, 2.45) is 0 Å². The molecule has 1 atom stereocenters. The van der Waals surface area contributed by atoms with E-state index in [2.05, 4.69) is 16.0 Å². The number of anilines is 3. The van der Waals surface area contributed by atoms with Gasteiger partial charge in [0.05, 0.1) is 25.2 Å². The third kappa shape index (κ3) is 5.95. The lowest BCUT2D eigenvalue weighted by Crippen LogP contribution is -2.52. The fourth-order valence-electron chi connectivity index (χ4n) is 5.30. The van der Waals surface area contributed by atoms with Crippen LogP contribution in [0.15, 0.2) is 54.6 Å². The summed E-state index contributed by atoms with van der Waals surface area (Å²) >= 11 is 0. The quantitative estimate of drug-likeness (QED) is 0.188. The highest BCUT2D eigenvalue weighted by Crippen LogP contribution is 2.41. The SMILES string of the molecule is COc1cc(N(C)c2cccc(NC(=O)NCc3ccc4c(c3)CN(C3CCC(=O)NC3=O)C4=O)c2)c([N+](=O)[O-])cc1OC. The molecule has 0 aromatic heterocycles. The summed E-state index contributed by atoms with van der Waals surface area (Å²) in [6.07, 6.45) is 0.456. The highest BCUT2D eigenvalue weighted by atomic mass is 16.6. The van der Waals surface area contributed by atoms with E-state index in [4.69, 9.17) is 9.47 Å². The summed E-state index contributed by atoms with van der Waals surface area (Å²) in [5, 5.41) is 19.6. The van der Waals surface area contributed by atoms with Gasteiger partial charge in [-0.25, -0.2) is 4.79 Å². The van der Waals surface area contributed by atoms with Gasteiger partial charge >= 0.3 is 6.03 Å². The number of amides is 5. The molecule has 2 heterocycles. The maximum absolute atomic E-state index is 12.9. The molecule has 0 radical (unpaired) electrons. The summed E-state index contributed by atoms with van der Waals surface area (Å²) in [5.74, 6) is -0.533. The number of nitrogens with one attached hydrogen (secondary N) is 3. The van der Waals surface area contributed by atoms with Crippen molar-refractivity contribution in [2.75, 3.05) is 31.5 Å². The van der Waals surface area contributed by atoms with Gasteiger partial charge in [0.25, 0.3) is 11.6 Å². The van der Waals surface area contributed by atoms with E-state index in [0.29, 0.717) is 22.7 Å². The van der Waals surface area contributed by atoms with E-state index in [1.165, 1.54) is 31.3 Å². The van der Waals surface area contributed by atoms with Crippen LogP contribution in [0.1, 0.15) is 34.3 Å². The number of nitro benzene ring substituents is 1. The Morgan fingerprint density at radius 3 is 2.55 bits per heavy atom. The van der Waals surface area contributed by atoms with Crippen LogP contribution in [0, 0.1) is 10.1 Å². The van der Waals surface area contributed by atoms with E-state index in [0.717, 1.165) is 11.1 Å². The van der Waals surface area contributed by atoms with Crippen molar-refractivity contribution in [1.82, 2.24) is 15.5 Å². The van der Waals surface area contributed by atoms with Gasteiger partial charge in [-0.1, -0.05) is 18.2 Å². The van der Waals surface area contributed by atoms with Gasteiger partial charge < -0.3 is 29.9 Å². The van der Waals surface area contributed by atoms with Crippen molar-refractivity contribution in [2.45, 2.75) is 32.0 Å². The predicted molar refractivity (Wildman–Crippen MR) is 159 cm³/mol. The minimum Gasteiger partial charge on any atom is -0.493 e. The number of hydrogen-bond donors (Lipinski definition) is 3. The van der Waals surface area contributed by atoms with Crippen LogP contribution in [0.25, 0.3) is 0 Å². The lowest BCUT2D eigenvalue weighted by Gasteiger charge is -2.29. The van der Waals surface area contributed by atoms with Gasteiger partial charge in [0.1, 0.15) is 11.7 Å². The molecule has 2 aliphatic rings. The summed E-state index contributed by atoms with van der Waals surface area (Å²) in [7, 11) is 4.50. The Morgan fingerprint density at radius 1 is 1.09 bits per heavy atom. The van der Waals surface area contributed by atoms with Gasteiger partial charge in [0, 0.05) is 49.6 Å². The standard InChI is InChI=1S/C30H30N6O8/c1-34(23-13-25(43-2)26(44-3)14-24(23)36(41)42)20-6-4-5-19(12-20)32-30(40)31-15-17-7-8-21-18(11-17)16-35(29(21)39)22-9-10-27(37)33-28(22)38/h4-8,11-14,22H,9-10,15-16H2,1-3H3,(H2,31,32,40)(H,33,37,38). The van der Waals surface area contributed by atoms with E-state index in [1.807, 2.05) is 6.07 Å². The number of ether oxygens (including phenoxy) is 2. The highest BCUT2D eigenvalue weighted by molar-refractivity contribution is 6.05. The molecule has 1 unspecified atom stereocenters. The lowest BCUT2D eigenvalue weighted by molar-refractivity contribution is -0.384. The molecule has 3 N–H and O–H groups in total. The van der Waals surface area contributed by atoms with Crippen molar-refractivity contribution in [3.8, 4) is 11.5 Å². The molecule has 14 heteroatoms. The number of imide groups is 1. The summed E-state index contributed by atoms with van der Waals surface area (Å²) in [6, 6.07) is 13.6. The number of methoxy groups -OCH3 is 2. The van der Waals surface area contributed by atoms with Gasteiger partial charge in [-0.05, 0) is 41.8 Å². The van der Waals surface area contributed by atoms with Crippen molar-refractivity contribution in [3.63, 3.8) is 0 Å². The monoisotopic (exact) mass is 602 g/mol. The van der Waals surface area contributed by atoms with Crippen LogP contribution >= 0.6 is 0 Å². The Kier molecular flexibility index (Phi) is 8.33. The van der Waals surface area contributed by atoms with Crippen LogP contribution in [0.4, 0.5) is 27.5 Å². The Labute approximate surface area is 252 Å². The Morgan fingerprint density at radius 2 is 1.84 bits per heavy atom. The summed E-state index contributed by atoms with van der Waals surface area (Å²) in [5.41, 5.74) is 3.08. The highest BCUT2D eigenvalue weighted by Gasteiger charge is 2.39. The van der Waals surface area contributed by atoms with E-state index >= 15 is 0 Å². The molecule has 228 valence electrons. The second-order valence-electron chi connectivity index (χ2n) is 10.3. The molecule has 1 fully saturated rings. The Hall–Kier alpha value is -5.66. The zero-order valence-corrected chi connectivity index (χ0v) is 24.2. The number of hydrogen-bond acceptors (Lipinski definition) is 9. The summed E-state index contributed by atoms with van der Waals surface area (Å²) < 4.78 is 10.5. The summed E-state index contributed by atoms with van der Waals surface area (Å²) in [4.78, 5) is 63.8. The molecule has 14 nitrogen and oxygen atoms in total. The first kappa shape index (κ1) is 29.8. The molecule has 5 rings (SSSR count). The van der Waals surface area contributed by atoms with Gasteiger partial charge in [-0.2, -0.15) is 0 Å². The van der Waals surface area contributed by atoms with Gasteiger partial charge in [0.2, 0.25) is 11.8 Å². The first-order valence-corrected chi connectivity index (χ1v) is 13.6. The van der Waals surface area contributed by atoms with Crippen LogP contribution in [0.5, 0.6) is 11.5 Å². The zero-order chi connectivity index (χ0) is 31.5. The van der Waals surface area contributed by atoms with Crippen molar-refractivity contribution < 1.29 is 33.6 Å². The molecule has 1 saturated heterocycles. The van der Waals surface area contributed by atoms with Crippen molar-refractivity contribution in [3.05, 3.63) is 81.4 Å². The third-order valence-corrected chi connectivity index (χ3v) is 7.57. The number of benzene rings is 3. The number of carbonyl (C=O) groups is 4. The van der Waals surface area contributed by atoms with Crippen LogP contribution in [0.3, 0.4) is 0 Å². The first-order valence-electron chi connectivity index (χ1n) is 13.6. The van der Waals surface area contributed by atoms with Gasteiger partial charge in [-0.3, -0.25) is 29.8 Å². The van der Waals surface area contributed by atoms with E-state index in [9.17, 15) is 29.3 Å². The first-order chi connectivity index (χ1) is 21.1. The van der Waals surface area contributed by atoms with Crippen LogP contribution in [-0.2, 0) is 22.7 Å². The largest absolute Gasteiger partial charge is 0.493 e. The smallest absolute Gasteiger partial charge is 0.319 e. The molecule has 2 aliphatic heterocycles. The van der Waals surface area contributed by atoms with E-state index < -0.39 is 22.9 Å². The number of rotatable bonds is 9. The Bertz CT molecular complexity index is 1680. The van der Waals surface area contributed by atoms with Crippen molar-refractivity contribution in [1.29, 1.82) is 0 Å². The molecular formula is C30H30N6O8. The minimum absolute atomic E-state index is 0.170.